The largest absolute Gasteiger partial charge is 0.352 e. The molecule has 2 rings (SSSR count). The third kappa shape index (κ3) is 6.30. The van der Waals surface area contributed by atoms with Gasteiger partial charge in [0.05, 0.1) is 6.54 Å². The number of nitrogens with one attached hydrogen (secondary N) is 2. The van der Waals surface area contributed by atoms with Crippen molar-refractivity contribution in [2.24, 2.45) is 0 Å². The first kappa shape index (κ1) is 16.0. The van der Waals surface area contributed by atoms with Gasteiger partial charge in [-0.15, -0.1) is 0 Å². The lowest BCUT2D eigenvalue weighted by Crippen LogP contribution is -2.43. The molecular weight excluding hydrogens is 260 g/mol. The van der Waals surface area contributed by atoms with E-state index in [4.69, 9.17) is 0 Å². The second-order valence-electron chi connectivity index (χ2n) is 6.21. The van der Waals surface area contributed by atoms with Crippen LogP contribution >= 0.6 is 0 Å². The first-order valence-corrected chi connectivity index (χ1v) is 8.30. The summed E-state index contributed by atoms with van der Waals surface area (Å²) in [6.07, 6.45) is 8.24. The molecule has 21 heavy (non-hydrogen) atoms. The smallest absolute Gasteiger partial charge is 0.234 e. The normalized spacial score (nSPS) is 17.4. The fourth-order valence-corrected chi connectivity index (χ4v) is 2.92. The van der Waals surface area contributed by atoms with Crippen molar-refractivity contribution >= 4 is 5.91 Å². The molecule has 1 atom stereocenters. The van der Waals surface area contributed by atoms with E-state index in [-0.39, 0.29) is 5.91 Å². The third-order valence-electron chi connectivity index (χ3n) is 4.29. The molecule has 1 aromatic rings. The molecule has 1 unspecified atom stereocenters. The van der Waals surface area contributed by atoms with E-state index in [1.165, 1.54) is 24.8 Å². The van der Waals surface area contributed by atoms with Crippen LogP contribution < -0.4 is 10.6 Å². The number of carbonyl (C=O) groups excluding carboxylic acids is 1. The Morgan fingerprint density at radius 1 is 1.19 bits per heavy atom. The zero-order valence-corrected chi connectivity index (χ0v) is 13.1. The zero-order chi connectivity index (χ0) is 14.9. The van der Waals surface area contributed by atoms with Crippen molar-refractivity contribution in [3.63, 3.8) is 0 Å². The highest BCUT2D eigenvalue weighted by Crippen LogP contribution is 2.17. The highest BCUT2D eigenvalue weighted by molar-refractivity contribution is 5.78. The Balaban J connectivity index is 1.59. The number of hydrogen-bond acceptors (Lipinski definition) is 2. The van der Waals surface area contributed by atoms with Crippen LogP contribution in [0.25, 0.3) is 0 Å². The van der Waals surface area contributed by atoms with Crippen LogP contribution in [0.5, 0.6) is 0 Å². The Hall–Kier alpha value is -1.35. The second-order valence-corrected chi connectivity index (χ2v) is 6.21. The standard InChI is InChI=1S/C18H28N2O/c1-15(12-13-16-8-4-2-5-9-16)19-14-18(21)20-17-10-6-3-7-11-17/h2,4-5,8-9,15,17,19H,3,6-7,10-14H2,1H3,(H,20,21). The van der Waals surface area contributed by atoms with Gasteiger partial charge in [-0.1, -0.05) is 49.6 Å². The number of rotatable bonds is 7. The van der Waals surface area contributed by atoms with Crippen LogP contribution in [-0.2, 0) is 11.2 Å². The number of hydrogen-bond donors (Lipinski definition) is 2. The van der Waals surface area contributed by atoms with Gasteiger partial charge in [0.15, 0.2) is 0 Å². The molecule has 3 heteroatoms. The predicted octanol–water partition coefficient (Wildman–Crippen LogP) is 3.05. The summed E-state index contributed by atoms with van der Waals surface area (Å²) < 4.78 is 0. The number of aryl methyl sites for hydroxylation is 1. The van der Waals surface area contributed by atoms with Gasteiger partial charge in [0.2, 0.25) is 5.91 Å². The van der Waals surface area contributed by atoms with Crippen molar-refractivity contribution in [3.05, 3.63) is 35.9 Å². The van der Waals surface area contributed by atoms with Gasteiger partial charge in [-0.3, -0.25) is 4.79 Å². The van der Waals surface area contributed by atoms with E-state index in [0.717, 1.165) is 25.7 Å². The van der Waals surface area contributed by atoms with E-state index < -0.39 is 0 Å². The molecule has 116 valence electrons. The molecule has 0 saturated heterocycles. The lowest BCUT2D eigenvalue weighted by molar-refractivity contribution is -0.121. The van der Waals surface area contributed by atoms with Crippen LogP contribution in [0.1, 0.15) is 51.0 Å². The van der Waals surface area contributed by atoms with Crippen LogP contribution in [0.2, 0.25) is 0 Å². The summed E-state index contributed by atoms with van der Waals surface area (Å²) in [6.45, 7) is 2.59. The van der Waals surface area contributed by atoms with Crippen molar-refractivity contribution in [2.75, 3.05) is 6.54 Å². The molecule has 1 amide bonds. The van der Waals surface area contributed by atoms with Crippen molar-refractivity contribution in [3.8, 4) is 0 Å². The van der Waals surface area contributed by atoms with Crippen LogP contribution in [0.15, 0.2) is 30.3 Å². The first-order valence-electron chi connectivity index (χ1n) is 8.30. The SMILES string of the molecule is CC(CCc1ccccc1)NCC(=O)NC1CCCCC1. The van der Waals surface area contributed by atoms with Crippen molar-refractivity contribution in [2.45, 2.75) is 64.0 Å². The predicted molar refractivity (Wildman–Crippen MR) is 87.2 cm³/mol. The monoisotopic (exact) mass is 288 g/mol. The Kier molecular flexibility index (Phi) is 6.74. The van der Waals surface area contributed by atoms with Crippen LogP contribution in [-0.4, -0.2) is 24.5 Å². The summed E-state index contributed by atoms with van der Waals surface area (Å²) in [5, 5.41) is 6.48. The van der Waals surface area contributed by atoms with Gasteiger partial charge >= 0.3 is 0 Å². The molecule has 3 nitrogen and oxygen atoms in total. The van der Waals surface area contributed by atoms with Gasteiger partial charge < -0.3 is 10.6 Å². The van der Waals surface area contributed by atoms with Gasteiger partial charge in [0.25, 0.3) is 0 Å². The zero-order valence-electron chi connectivity index (χ0n) is 13.1. The number of benzene rings is 1. The Bertz CT molecular complexity index is 412. The molecule has 0 bridgehead atoms. The fraction of sp³-hybridized carbons (Fsp3) is 0.611. The summed E-state index contributed by atoms with van der Waals surface area (Å²) in [7, 11) is 0. The molecule has 0 aliphatic heterocycles. The van der Waals surface area contributed by atoms with E-state index in [0.29, 0.717) is 18.6 Å². The minimum atomic E-state index is 0.147. The maximum absolute atomic E-state index is 11.9. The summed E-state index contributed by atoms with van der Waals surface area (Å²) in [5.74, 6) is 0.147. The molecule has 0 radical (unpaired) electrons. The van der Waals surface area contributed by atoms with Gasteiger partial charge in [-0.25, -0.2) is 0 Å². The molecule has 1 saturated carbocycles. The maximum atomic E-state index is 11.9. The number of amides is 1. The summed E-state index contributed by atoms with van der Waals surface area (Å²) in [4.78, 5) is 11.9. The lowest BCUT2D eigenvalue weighted by Gasteiger charge is -2.23. The van der Waals surface area contributed by atoms with E-state index in [1.54, 1.807) is 0 Å². The van der Waals surface area contributed by atoms with E-state index >= 15 is 0 Å². The van der Waals surface area contributed by atoms with Crippen LogP contribution in [0.4, 0.5) is 0 Å². The van der Waals surface area contributed by atoms with E-state index in [9.17, 15) is 4.79 Å². The van der Waals surface area contributed by atoms with Crippen molar-refractivity contribution < 1.29 is 4.79 Å². The molecule has 1 fully saturated rings. The average Bonchev–Trinajstić information content (AvgIpc) is 2.53. The maximum Gasteiger partial charge on any atom is 0.234 e. The molecule has 1 aromatic carbocycles. The number of carbonyl (C=O) groups is 1. The quantitative estimate of drug-likeness (QED) is 0.809. The Morgan fingerprint density at radius 3 is 2.62 bits per heavy atom. The van der Waals surface area contributed by atoms with Gasteiger partial charge in [-0.2, -0.15) is 0 Å². The van der Waals surface area contributed by atoms with Gasteiger partial charge in [-0.05, 0) is 38.2 Å². The second kappa shape index (κ2) is 8.83. The summed E-state index contributed by atoms with van der Waals surface area (Å²) in [5.41, 5.74) is 1.36. The fourth-order valence-electron chi connectivity index (χ4n) is 2.92. The molecule has 1 aliphatic carbocycles. The molecule has 0 aromatic heterocycles. The summed E-state index contributed by atoms with van der Waals surface area (Å²) in [6, 6.07) is 11.3. The molecular formula is C18H28N2O. The molecule has 0 heterocycles. The minimum absolute atomic E-state index is 0.147. The van der Waals surface area contributed by atoms with E-state index in [1.807, 2.05) is 6.07 Å². The molecule has 1 aliphatic rings. The first-order chi connectivity index (χ1) is 10.2. The highest BCUT2D eigenvalue weighted by Gasteiger charge is 2.15. The van der Waals surface area contributed by atoms with E-state index in [2.05, 4.69) is 41.8 Å². The van der Waals surface area contributed by atoms with Gasteiger partial charge in [0, 0.05) is 12.1 Å². The summed E-state index contributed by atoms with van der Waals surface area (Å²) >= 11 is 0. The Morgan fingerprint density at radius 2 is 1.90 bits per heavy atom. The third-order valence-corrected chi connectivity index (χ3v) is 4.29. The van der Waals surface area contributed by atoms with Crippen LogP contribution in [0.3, 0.4) is 0 Å². The van der Waals surface area contributed by atoms with Crippen molar-refractivity contribution in [1.29, 1.82) is 0 Å². The lowest BCUT2D eigenvalue weighted by atomic mass is 9.95. The highest BCUT2D eigenvalue weighted by atomic mass is 16.1. The topological polar surface area (TPSA) is 41.1 Å². The van der Waals surface area contributed by atoms with Gasteiger partial charge in [0.1, 0.15) is 0 Å². The van der Waals surface area contributed by atoms with Crippen molar-refractivity contribution in [1.82, 2.24) is 10.6 Å². The van der Waals surface area contributed by atoms with Crippen LogP contribution in [0, 0.1) is 0 Å². The Labute approximate surface area is 128 Å². The average molecular weight is 288 g/mol. The minimum Gasteiger partial charge on any atom is -0.352 e. The molecule has 0 spiro atoms. The molecule has 2 N–H and O–H groups in total.